The highest BCUT2D eigenvalue weighted by molar-refractivity contribution is 5.53. The maximum absolute atomic E-state index is 10.2. The first-order valence-corrected chi connectivity index (χ1v) is 9.38. The first-order valence-electron chi connectivity index (χ1n) is 9.38. The molecule has 0 fully saturated rings. The summed E-state index contributed by atoms with van der Waals surface area (Å²) >= 11 is 0. The minimum atomic E-state index is -1.04. The third-order valence-corrected chi connectivity index (χ3v) is 4.88. The Morgan fingerprint density at radius 1 is 0.966 bits per heavy atom. The van der Waals surface area contributed by atoms with E-state index in [2.05, 4.69) is 5.32 Å². The Morgan fingerprint density at radius 2 is 1.69 bits per heavy atom. The lowest BCUT2D eigenvalue weighted by Gasteiger charge is -2.37. The second kappa shape index (κ2) is 9.49. The Hall–Kier alpha value is -2.96. The van der Waals surface area contributed by atoms with Crippen LogP contribution in [0.5, 0.6) is 17.2 Å². The van der Waals surface area contributed by atoms with Crippen LogP contribution >= 0.6 is 0 Å². The van der Waals surface area contributed by atoms with Gasteiger partial charge in [0.1, 0.15) is 11.9 Å². The maximum atomic E-state index is 10.2. The van der Waals surface area contributed by atoms with Gasteiger partial charge in [0.25, 0.3) is 0 Å². The Kier molecular flexibility index (Phi) is 6.80. The summed E-state index contributed by atoms with van der Waals surface area (Å²) in [6, 6.07) is 13.5. The number of hydrogen-bond acceptors (Lipinski definition) is 6. The quantitative estimate of drug-likeness (QED) is 0.674. The van der Waals surface area contributed by atoms with Crippen molar-refractivity contribution in [2.75, 3.05) is 33.3 Å². The number of para-hydroxylation sites is 1. The minimum Gasteiger partial charge on any atom is -0.493 e. The lowest BCUT2D eigenvalue weighted by atomic mass is 9.92. The summed E-state index contributed by atoms with van der Waals surface area (Å²) < 4.78 is 22.8. The standard InChI is InChI=1S/C23H27NO5/c1-26-20-13-17(15-24-18-9-5-4-6-10-18)19(14-21(20)27-2)29-23(16-25)12-8-7-11-22(23)28-3/h4-14,22,24-25H,15-16H2,1-3H3. The monoisotopic (exact) mass is 397 g/mol. The molecular formula is C23H27NO5. The Bertz CT molecular complexity index is 865. The van der Waals surface area contributed by atoms with Gasteiger partial charge in [0.05, 0.1) is 20.8 Å². The van der Waals surface area contributed by atoms with Crippen LogP contribution in [-0.2, 0) is 11.3 Å². The van der Waals surface area contributed by atoms with Crippen molar-refractivity contribution in [2.45, 2.75) is 18.2 Å². The van der Waals surface area contributed by atoms with Crippen LogP contribution in [0.3, 0.4) is 0 Å². The fourth-order valence-corrected chi connectivity index (χ4v) is 3.28. The fourth-order valence-electron chi connectivity index (χ4n) is 3.28. The average molecular weight is 397 g/mol. The van der Waals surface area contributed by atoms with E-state index in [1.54, 1.807) is 27.4 Å². The molecule has 2 aromatic carbocycles. The Balaban J connectivity index is 1.96. The molecule has 2 aromatic rings. The molecule has 6 heteroatoms. The number of methoxy groups -OCH3 is 3. The van der Waals surface area contributed by atoms with Gasteiger partial charge in [0, 0.05) is 31.0 Å². The largest absolute Gasteiger partial charge is 0.493 e. The normalized spacial score (nSPS) is 20.3. The van der Waals surface area contributed by atoms with E-state index in [0.717, 1.165) is 11.3 Å². The Morgan fingerprint density at radius 3 is 2.34 bits per heavy atom. The predicted octanol–water partition coefficient (Wildman–Crippen LogP) is 3.57. The Labute approximate surface area is 171 Å². The fraction of sp³-hybridized carbons (Fsp3) is 0.304. The molecule has 0 saturated carbocycles. The lowest BCUT2D eigenvalue weighted by Crippen LogP contribution is -2.50. The van der Waals surface area contributed by atoms with Crippen molar-refractivity contribution in [3.63, 3.8) is 0 Å². The number of nitrogens with one attached hydrogen (secondary N) is 1. The molecule has 2 atom stereocenters. The predicted molar refractivity (Wildman–Crippen MR) is 113 cm³/mol. The molecule has 0 spiro atoms. The zero-order valence-corrected chi connectivity index (χ0v) is 16.9. The van der Waals surface area contributed by atoms with Gasteiger partial charge in [-0.3, -0.25) is 0 Å². The van der Waals surface area contributed by atoms with Crippen LogP contribution in [-0.4, -0.2) is 44.7 Å². The van der Waals surface area contributed by atoms with Gasteiger partial charge in [-0.15, -0.1) is 0 Å². The van der Waals surface area contributed by atoms with Gasteiger partial charge in [-0.25, -0.2) is 0 Å². The van der Waals surface area contributed by atoms with E-state index in [0.29, 0.717) is 23.8 Å². The van der Waals surface area contributed by atoms with E-state index in [9.17, 15) is 5.11 Å². The van der Waals surface area contributed by atoms with Crippen LogP contribution in [0.25, 0.3) is 0 Å². The van der Waals surface area contributed by atoms with Gasteiger partial charge >= 0.3 is 0 Å². The summed E-state index contributed by atoms with van der Waals surface area (Å²) in [5.41, 5.74) is 0.808. The number of rotatable bonds is 9. The van der Waals surface area contributed by atoms with Crippen LogP contribution < -0.4 is 19.5 Å². The van der Waals surface area contributed by atoms with Gasteiger partial charge in [-0.2, -0.15) is 0 Å². The molecule has 2 N–H and O–H groups in total. The van der Waals surface area contributed by atoms with E-state index < -0.39 is 11.7 Å². The molecule has 0 amide bonds. The smallest absolute Gasteiger partial charge is 0.180 e. The summed E-state index contributed by atoms with van der Waals surface area (Å²) in [4.78, 5) is 0. The zero-order chi connectivity index (χ0) is 20.7. The highest BCUT2D eigenvalue weighted by Gasteiger charge is 2.39. The minimum absolute atomic E-state index is 0.244. The van der Waals surface area contributed by atoms with Crippen molar-refractivity contribution in [3.8, 4) is 17.2 Å². The summed E-state index contributed by atoms with van der Waals surface area (Å²) in [7, 11) is 4.76. The van der Waals surface area contributed by atoms with Crippen LogP contribution in [0.1, 0.15) is 5.56 Å². The van der Waals surface area contributed by atoms with Crippen molar-refractivity contribution in [2.24, 2.45) is 0 Å². The third kappa shape index (κ3) is 4.55. The second-order valence-electron chi connectivity index (χ2n) is 6.65. The van der Waals surface area contributed by atoms with Gasteiger partial charge in [-0.1, -0.05) is 36.4 Å². The SMILES string of the molecule is COc1cc(CNc2ccccc2)c(OC2(CO)C=CC=CC2OC)cc1OC. The molecule has 29 heavy (non-hydrogen) atoms. The van der Waals surface area contributed by atoms with Crippen molar-refractivity contribution in [1.29, 1.82) is 0 Å². The number of hydrogen-bond donors (Lipinski definition) is 2. The number of aliphatic hydroxyl groups is 1. The van der Waals surface area contributed by atoms with Gasteiger partial charge < -0.3 is 29.4 Å². The molecule has 0 saturated heterocycles. The molecule has 154 valence electrons. The first-order chi connectivity index (χ1) is 14.2. The van der Waals surface area contributed by atoms with E-state index >= 15 is 0 Å². The van der Waals surface area contributed by atoms with Crippen LogP contribution in [0, 0.1) is 0 Å². The number of benzene rings is 2. The van der Waals surface area contributed by atoms with E-state index in [1.165, 1.54) is 0 Å². The van der Waals surface area contributed by atoms with Crippen LogP contribution in [0.2, 0.25) is 0 Å². The summed E-state index contributed by atoms with van der Waals surface area (Å²) in [6.45, 7) is 0.255. The molecule has 0 aromatic heterocycles. The number of ether oxygens (including phenoxy) is 4. The summed E-state index contributed by atoms with van der Waals surface area (Å²) in [5.74, 6) is 1.72. The molecule has 0 heterocycles. The molecule has 6 nitrogen and oxygen atoms in total. The molecule has 3 rings (SSSR count). The topological polar surface area (TPSA) is 69.2 Å². The van der Waals surface area contributed by atoms with E-state index in [-0.39, 0.29) is 6.61 Å². The van der Waals surface area contributed by atoms with Crippen LogP contribution in [0.15, 0.2) is 66.8 Å². The van der Waals surface area contributed by atoms with Crippen LogP contribution in [0.4, 0.5) is 5.69 Å². The molecule has 2 unspecified atom stereocenters. The summed E-state index contributed by atoms with van der Waals surface area (Å²) in [6.07, 6.45) is 6.96. The number of aliphatic hydroxyl groups excluding tert-OH is 1. The molecule has 0 radical (unpaired) electrons. The third-order valence-electron chi connectivity index (χ3n) is 4.88. The lowest BCUT2D eigenvalue weighted by molar-refractivity contribution is -0.0516. The number of anilines is 1. The van der Waals surface area contributed by atoms with Gasteiger partial charge in [0.2, 0.25) is 0 Å². The highest BCUT2D eigenvalue weighted by atomic mass is 16.6. The number of allylic oxidation sites excluding steroid dienone is 2. The molecule has 0 bridgehead atoms. The maximum Gasteiger partial charge on any atom is 0.180 e. The van der Waals surface area contributed by atoms with Crippen molar-refractivity contribution >= 4 is 5.69 Å². The van der Waals surface area contributed by atoms with Gasteiger partial charge in [-0.05, 0) is 24.3 Å². The van der Waals surface area contributed by atoms with Crippen molar-refractivity contribution in [1.82, 2.24) is 0 Å². The molecule has 1 aliphatic carbocycles. The van der Waals surface area contributed by atoms with Crippen molar-refractivity contribution < 1.29 is 24.1 Å². The first kappa shape index (κ1) is 20.8. The van der Waals surface area contributed by atoms with E-state index in [1.807, 2.05) is 60.7 Å². The van der Waals surface area contributed by atoms with Crippen molar-refractivity contribution in [3.05, 3.63) is 72.3 Å². The van der Waals surface area contributed by atoms with E-state index in [4.69, 9.17) is 18.9 Å². The summed E-state index contributed by atoms with van der Waals surface area (Å²) in [5, 5.41) is 13.5. The highest BCUT2D eigenvalue weighted by Crippen LogP contribution is 2.38. The average Bonchev–Trinajstić information content (AvgIpc) is 2.78. The molecule has 0 aliphatic heterocycles. The molecule has 1 aliphatic rings. The second-order valence-corrected chi connectivity index (χ2v) is 6.65. The van der Waals surface area contributed by atoms with Gasteiger partial charge in [0.15, 0.2) is 17.1 Å². The molecular weight excluding hydrogens is 370 g/mol. The zero-order valence-electron chi connectivity index (χ0n) is 16.9.